The van der Waals surface area contributed by atoms with Crippen molar-refractivity contribution in [3.8, 4) is 5.88 Å². The second-order valence-electron chi connectivity index (χ2n) is 2.50. The van der Waals surface area contributed by atoms with Gasteiger partial charge in [-0.25, -0.2) is 9.37 Å². The zero-order chi connectivity index (χ0) is 11.6. The van der Waals surface area contributed by atoms with Crippen LogP contribution in [0.1, 0.15) is 5.56 Å². The average Bonchev–Trinajstić information content (AvgIpc) is 1.99. The summed E-state index contributed by atoms with van der Waals surface area (Å²) in [5.74, 6) is -0.732. The molecule has 0 atom stereocenters. The van der Waals surface area contributed by atoms with Crippen molar-refractivity contribution in [1.82, 2.24) is 4.98 Å². The van der Waals surface area contributed by atoms with Crippen molar-refractivity contribution in [2.75, 3.05) is 5.73 Å². The van der Waals surface area contributed by atoms with E-state index in [2.05, 4.69) is 25.7 Å². The molecule has 0 radical (unpaired) electrons. The zero-order valence-corrected chi connectivity index (χ0v) is 8.69. The monoisotopic (exact) mass is 288 g/mol. The van der Waals surface area contributed by atoms with Gasteiger partial charge in [0.15, 0.2) is 0 Å². The summed E-state index contributed by atoms with van der Waals surface area (Å²) in [4.78, 5) is 3.34. The van der Waals surface area contributed by atoms with Gasteiger partial charge in [-0.15, -0.1) is 13.2 Å². The largest absolute Gasteiger partial charge is 0.574 e. The SMILES string of the molecule is Nc1cc(OC(F)(F)F)nc(Br)c1CF. The van der Waals surface area contributed by atoms with Crippen LogP contribution in [0.3, 0.4) is 0 Å². The molecule has 0 saturated heterocycles. The first kappa shape index (κ1) is 12.0. The summed E-state index contributed by atoms with van der Waals surface area (Å²) in [5.41, 5.74) is 5.13. The molecule has 8 heteroatoms. The molecule has 0 aromatic carbocycles. The minimum Gasteiger partial charge on any atom is -0.398 e. The highest BCUT2D eigenvalue weighted by Gasteiger charge is 2.32. The third-order valence-corrected chi connectivity index (χ3v) is 2.09. The molecule has 0 aliphatic carbocycles. The molecule has 0 spiro atoms. The van der Waals surface area contributed by atoms with Crippen LogP contribution in [0.15, 0.2) is 10.7 Å². The first-order valence-corrected chi connectivity index (χ1v) is 4.39. The fraction of sp³-hybridized carbons (Fsp3) is 0.286. The molecule has 0 bridgehead atoms. The van der Waals surface area contributed by atoms with Crippen molar-refractivity contribution in [2.45, 2.75) is 13.0 Å². The predicted molar refractivity (Wildman–Crippen MR) is 47.8 cm³/mol. The second kappa shape index (κ2) is 4.21. The minimum atomic E-state index is -4.85. The minimum absolute atomic E-state index is 0.00970. The van der Waals surface area contributed by atoms with Gasteiger partial charge in [0.2, 0.25) is 5.88 Å². The highest BCUT2D eigenvalue weighted by atomic mass is 79.9. The molecule has 1 aromatic rings. The summed E-state index contributed by atoms with van der Waals surface area (Å²) < 4.78 is 51.1. The normalized spacial score (nSPS) is 11.5. The number of halogens is 5. The maximum absolute atomic E-state index is 12.3. The number of pyridine rings is 1. The lowest BCUT2D eigenvalue weighted by molar-refractivity contribution is -0.276. The Morgan fingerprint density at radius 2 is 2.07 bits per heavy atom. The lowest BCUT2D eigenvalue weighted by Crippen LogP contribution is -2.18. The number of ether oxygens (including phenoxy) is 1. The molecule has 0 fully saturated rings. The number of nitrogens with two attached hydrogens (primary N) is 1. The molecule has 84 valence electrons. The van der Waals surface area contributed by atoms with Gasteiger partial charge in [0.05, 0.1) is 0 Å². The van der Waals surface area contributed by atoms with E-state index in [-0.39, 0.29) is 15.9 Å². The molecule has 0 amide bonds. The predicted octanol–water partition coefficient (Wildman–Crippen LogP) is 2.79. The van der Waals surface area contributed by atoms with E-state index in [1.807, 2.05) is 0 Å². The van der Waals surface area contributed by atoms with Gasteiger partial charge in [-0.05, 0) is 15.9 Å². The molecule has 1 heterocycles. The van der Waals surface area contributed by atoms with Gasteiger partial charge >= 0.3 is 6.36 Å². The molecule has 0 aliphatic rings. The van der Waals surface area contributed by atoms with Gasteiger partial charge in [0.25, 0.3) is 0 Å². The van der Waals surface area contributed by atoms with Crippen molar-refractivity contribution >= 4 is 21.6 Å². The van der Waals surface area contributed by atoms with E-state index in [0.717, 1.165) is 6.07 Å². The number of hydrogen-bond acceptors (Lipinski definition) is 3. The van der Waals surface area contributed by atoms with E-state index >= 15 is 0 Å². The van der Waals surface area contributed by atoms with E-state index in [4.69, 9.17) is 5.73 Å². The Bertz CT molecular complexity index is 345. The van der Waals surface area contributed by atoms with Gasteiger partial charge in [-0.3, -0.25) is 0 Å². The van der Waals surface area contributed by atoms with Crippen LogP contribution in [0.5, 0.6) is 5.88 Å². The molecule has 1 rings (SSSR count). The maximum Gasteiger partial charge on any atom is 0.574 e. The summed E-state index contributed by atoms with van der Waals surface area (Å²) in [5, 5.41) is 0. The van der Waals surface area contributed by atoms with Gasteiger partial charge < -0.3 is 10.5 Å². The first-order valence-electron chi connectivity index (χ1n) is 3.60. The number of anilines is 1. The fourth-order valence-corrected chi connectivity index (χ4v) is 1.35. The fourth-order valence-electron chi connectivity index (χ4n) is 0.839. The van der Waals surface area contributed by atoms with E-state index in [1.165, 1.54) is 0 Å². The standard InChI is InChI=1S/C7H5BrF4N2O/c8-6-3(2-9)4(13)1-5(14-6)15-7(10,11)12/h1H,2H2,(H2,13,14). The van der Waals surface area contributed by atoms with E-state index < -0.39 is 18.9 Å². The summed E-state index contributed by atoms with van der Waals surface area (Å²) in [6.45, 7) is -0.925. The van der Waals surface area contributed by atoms with Crippen LogP contribution in [-0.4, -0.2) is 11.3 Å². The van der Waals surface area contributed by atoms with Crippen molar-refractivity contribution in [3.05, 3.63) is 16.2 Å². The Morgan fingerprint density at radius 3 is 2.47 bits per heavy atom. The van der Waals surface area contributed by atoms with Crippen LogP contribution in [0, 0.1) is 0 Å². The number of rotatable bonds is 2. The number of alkyl halides is 4. The van der Waals surface area contributed by atoms with Crippen LogP contribution in [0.25, 0.3) is 0 Å². The highest BCUT2D eigenvalue weighted by Crippen LogP contribution is 2.29. The molecule has 15 heavy (non-hydrogen) atoms. The average molecular weight is 289 g/mol. The van der Waals surface area contributed by atoms with E-state index in [0.29, 0.717) is 0 Å². The second-order valence-corrected chi connectivity index (χ2v) is 3.25. The number of aromatic nitrogens is 1. The Morgan fingerprint density at radius 1 is 1.47 bits per heavy atom. The molecule has 0 unspecified atom stereocenters. The smallest absolute Gasteiger partial charge is 0.398 e. The Kier molecular flexibility index (Phi) is 3.38. The summed E-state index contributed by atoms with van der Waals surface area (Å²) in [7, 11) is 0. The van der Waals surface area contributed by atoms with Gasteiger partial charge in [0, 0.05) is 17.3 Å². The summed E-state index contributed by atoms with van der Waals surface area (Å²) in [6, 6.07) is 0.813. The topological polar surface area (TPSA) is 48.1 Å². The zero-order valence-electron chi connectivity index (χ0n) is 7.11. The highest BCUT2D eigenvalue weighted by molar-refractivity contribution is 9.10. The molecule has 3 nitrogen and oxygen atoms in total. The number of hydrogen-bond donors (Lipinski definition) is 1. The van der Waals surface area contributed by atoms with Crippen LogP contribution in [-0.2, 0) is 6.67 Å². The van der Waals surface area contributed by atoms with E-state index in [1.54, 1.807) is 0 Å². The Labute approximate surface area is 90.4 Å². The Balaban J connectivity index is 3.04. The third-order valence-electron chi connectivity index (χ3n) is 1.44. The first-order chi connectivity index (χ1) is 6.83. The quantitative estimate of drug-likeness (QED) is 0.672. The molecule has 0 saturated carbocycles. The molecule has 0 aliphatic heterocycles. The molecular weight excluding hydrogens is 284 g/mol. The van der Waals surface area contributed by atoms with Gasteiger partial charge in [-0.1, -0.05) is 0 Å². The maximum atomic E-state index is 12.3. The summed E-state index contributed by atoms with van der Waals surface area (Å²) >= 11 is 2.79. The van der Waals surface area contributed by atoms with Crippen molar-refractivity contribution in [2.24, 2.45) is 0 Å². The van der Waals surface area contributed by atoms with Gasteiger partial charge in [-0.2, -0.15) is 0 Å². The van der Waals surface area contributed by atoms with E-state index in [9.17, 15) is 17.6 Å². The number of nitrogen functional groups attached to an aromatic ring is 1. The Hall–Kier alpha value is -1.05. The van der Waals surface area contributed by atoms with Crippen LogP contribution in [0.4, 0.5) is 23.2 Å². The van der Waals surface area contributed by atoms with Crippen molar-refractivity contribution in [3.63, 3.8) is 0 Å². The lowest BCUT2D eigenvalue weighted by Gasteiger charge is -2.10. The molecule has 1 aromatic heterocycles. The summed E-state index contributed by atoms with van der Waals surface area (Å²) in [6.07, 6.45) is -4.85. The molecule has 2 N–H and O–H groups in total. The van der Waals surface area contributed by atoms with Crippen LogP contribution >= 0.6 is 15.9 Å². The van der Waals surface area contributed by atoms with Crippen LogP contribution in [0.2, 0.25) is 0 Å². The van der Waals surface area contributed by atoms with Crippen LogP contribution < -0.4 is 10.5 Å². The molecular formula is C7H5BrF4N2O. The third kappa shape index (κ3) is 3.22. The van der Waals surface area contributed by atoms with Crippen molar-refractivity contribution in [1.29, 1.82) is 0 Å². The number of nitrogens with zero attached hydrogens (tertiary/aromatic N) is 1. The van der Waals surface area contributed by atoms with Gasteiger partial charge in [0.1, 0.15) is 11.3 Å². The van der Waals surface area contributed by atoms with Crippen molar-refractivity contribution < 1.29 is 22.3 Å². The lowest BCUT2D eigenvalue weighted by atomic mass is 10.2.